The molecule has 0 atom stereocenters. The van der Waals surface area contributed by atoms with E-state index >= 15 is 0 Å². The molecule has 1 heterocycles. The molecule has 1 N–H and O–H groups in total. The van der Waals surface area contributed by atoms with Crippen LogP contribution in [0.4, 0.5) is 5.69 Å². The minimum Gasteiger partial charge on any atom is -0.477 e. The number of aromatic carboxylic acids is 1. The quantitative estimate of drug-likeness (QED) is 0.613. The highest BCUT2D eigenvalue weighted by Crippen LogP contribution is 2.28. The van der Waals surface area contributed by atoms with Gasteiger partial charge in [0.15, 0.2) is 0 Å². The Morgan fingerprint density at radius 1 is 1.38 bits per heavy atom. The second-order valence-electron chi connectivity index (χ2n) is 3.12. The molecule has 0 aliphatic heterocycles. The molecule has 6 nitrogen and oxygen atoms in total. The standard InChI is InChI=1S/C10H6N2O4/c13-10(14)8-2-1-6-5-11-4-3-7(6)9(8)12(15)16/h1-5H,(H,13,14). The van der Waals surface area contributed by atoms with Crippen LogP contribution in [-0.2, 0) is 0 Å². The maximum Gasteiger partial charge on any atom is 0.342 e. The molecule has 1 aromatic carbocycles. The predicted molar refractivity (Wildman–Crippen MR) is 55.4 cm³/mol. The van der Waals surface area contributed by atoms with Gasteiger partial charge >= 0.3 is 5.97 Å². The van der Waals surface area contributed by atoms with Crippen molar-refractivity contribution in [2.45, 2.75) is 0 Å². The molecule has 0 aliphatic rings. The van der Waals surface area contributed by atoms with Crippen LogP contribution >= 0.6 is 0 Å². The third-order valence-corrected chi connectivity index (χ3v) is 2.20. The Morgan fingerprint density at radius 2 is 2.12 bits per heavy atom. The van der Waals surface area contributed by atoms with Crippen molar-refractivity contribution in [3.05, 3.63) is 46.3 Å². The molecule has 2 aromatic rings. The predicted octanol–water partition coefficient (Wildman–Crippen LogP) is 1.84. The number of nitro benzene ring substituents is 1. The molecule has 0 fully saturated rings. The van der Waals surface area contributed by atoms with Crippen LogP contribution in [0.1, 0.15) is 10.4 Å². The Morgan fingerprint density at radius 3 is 2.75 bits per heavy atom. The number of rotatable bonds is 2. The van der Waals surface area contributed by atoms with E-state index in [4.69, 9.17) is 5.11 Å². The average Bonchev–Trinajstić information content (AvgIpc) is 2.27. The van der Waals surface area contributed by atoms with E-state index in [2.05, 4.69) is 4.98 Å². The van der Waals surface area contributed by atoms with Crippen molar-refractivity contribution < 1.29 is 14.8 Å². The van der Waals surface area contributed by atoms with Crippen LogP contribution < -0.4 is 0 Å². The summed E-state index contributed by atoms with van der Waals surface area (Å²) in [5.41, 5.74) is -0.712. The minimum absolute atomic E-state index is 0.278. The normalized spacial score (nSPS) is 10.2. The number of benzene rings is 1. The van der Waals surface area contributed by atoms with Gasteiger partial charge < -0.3 is 5.11 Å². The van der Waals surface area contributed by atoms with Gasteiger partial charge in [-0.3, -0.25) is 15.1 Å². The highest BCUT2D eigenvalue weighted by Gasteiger charge is 2.22. The summed E-state index contributed by atoms with van der Waals surface area (Å²) in [5.74, 6) is -1.31. The van der Waals surface area contributed by atoms with Crippen LogP contribution in [-0.4, -0.2) is 21.0 Å². The smallest absolute Gasteiger partial charge is 0.342 e. The number of carbonyl (C=O) groups is 1. The number of aromatic nitrogens is 1. The molecule has 16 heavy (non-hydrogen) atoms. The number of carboxylic acids is 1. The molecule has 0 saturated heterocycles. The van der Waals surface area contributed by atoms with E-state index < -0.39 is 16.6 Å². The fourth-order valence-electron chi connectivity index (χ4n) is 1.52. The SMILES string of the molecule is O=C(O)c1ccc2cnccc2c1[N+](=O)[O-]. The van der Waals surface area contributed by atoms with Crippen molar-refractivity contribution >= 4 is 22.4 Å². The number of carboxylic acid groups (broad SMARTS) is 1. The zero-order valence-electron chi connectivity index (χ0n) is 7.95. The van der Waals surface area contributed by atoms with Crippen LogP contribution in [0.2, 0.25) is 0 Å². The minimum atomic E-state index is -1.31. The summed E-state index contributed by atoms with van der Waals surface area (Å²) in [4.78, 5) is 24.8. The summed E-state index contributed by atoms with van der Waals surface area (Å²) >= 11 is 0. The van der Waals surface area contributed by atoms with Gasteiger partial charge in [-0.2, -0.15) is 0 Å². The van der Waals surface area contributed by atoms with Crippen molar-refractivity contribution in [3.63, 3.8) is 0 Å². The van der Waals surface area contributed by atoms with E-state index in [0.29, 0.717) is 5.39 Å². The fourth-order valence-corrected chi connectivity index (χ4v) is 1.52. The number of nitrogens with zero attached hydrogens (tertiary/aromatic N) is 2. The largest absolute Gasteiger partial charge is 0.477 e. The molecule has 0 saturated carbocycles. The van der Waals surface area contributed by atoms with Gasteiger partial charge in [0.2, 0.25) is 0 Å². The van der Waals surface area contributed by atoms with Crippen LogP contribution in [0.3, 0.4) is 0 Å². The molecule has 0 amide bonds. The van der Waals surface area contributed by atoms with Crippen molar-refractivity contribution in [1.29, 1.82) is 0 Å². The van der Waals surface area contributed by atoms with Crippen molar-refractivity contribution in [1.82, 2.24) is 4.98 Å². The van der Waals surface area contributed by atoms with Crippen LogP contribution in [0.25, 0.3) is 10.8 Å². The third kappa shape index (κ3) is 1.46. The Hall–Kier alpha value is -2.50. The van der Waals surface area contributed by atoms with Gasteiger partial charge in [-0.1, -0.05) is 6.07 Å². The molecule has 0 unspecified atom stereocenters. The number of fused-ring (bicyclic) bond motifs is 1. The second kappa shape index (κ2) is 3.58. The summed E-state index contributed by atoms with van der Waals surface area (Å²) in [6.07, 6.45) is 2.84. The van der Waals surface area contributed by atoms with Gasteiger partial charge in [0.25, 0.3) is 5.69 Å². The van der Waals surface area contributed by atoms with Crippen LogP contribution in [0.5, 0.6) is 0 Å². The van der Waals surface area contributed by atoms with Crippen molar-refractivity contribution in [2.24, 2.45) is 0 Å². The Kier molecular flexibility index (Phi) is 2.24. The maximum atomic E-state index is 10.9. The molecule has 1 aromatic heterocycles. The molecular formula is C10H6N2O4. The van der Waals surface area contributed by atoms with Crippen LogP contribution in [0, 0.1) is 10.1 Å². The Bertz CT molecular complexity index is 594. The molecule has 0 spiro atoms. The first-order valence-corrected chi connectivity index (χ1v) is 4.35. The third-order valence-electron chi connectivity index (χ3n) is 2.20. The Balaban J connectivity index is 2.90. The van der Waals surface area contributed by atoms with Gasteiger partial charge in [-0.25, -0.2) is 4.79 Å². The lowest BCUT2D eigenvalue weighted by molar-refractivity contribution is -0.383. The monoisotopic (exact) mass is 218 g/mol. The van der Waals surface area contributed by atoms with E-state index in [9.17, 15) is 14.9 Å². The summed E-state index contributed by atoms with van der Waals surface area (Å²) in [6.45, 7) is 0. The van der Waals surface area contributed by atoms with E-state index in [0.717, 1.165) is 0 Å². The van der Waals surface area contributed by atoms with Crippen molar-refractivity contribution in [3.8, 4) is 0 Å². The van der Waals surface area contributed by atoms with Crippen LogP contribution in [0.15, 0.2) is 30.6 Å². The lowest BCUT2D eigenvalue weighted by atomic mass is 10.1. The number of hydrogen-bond acceptors (Lipinski definition) is 4. The van der Waals surface area contributed by atoms with E-state index in [1.54, 1.807) is 0 Å². The lowest BCUT2D eigenvalue weighted by Gasteiger charge is -2.01. The zero-order chi connectivity index (χ0) is 11.7. The highest BCUT2D eigenvalue weighted by molar-refractivity contribution is 6.02. The van der Waals surface area contributed by atoms with Crippen molar-refractivity contribution in [2.75, 3.05) is 0 Å². The lowest BCUT2D eigenvalue weighted by Crippen LogP contribution is -2.03. The first-order valence-electron chi connectivity index (χ1n) is 4.35. The molecule has 0 aliphatic carbocycles. The molecule has 0 bridgehead atoms. The van der Waals surface area contributed by atoms with Gasteiger partial charge in [0.1, 0.15) is 5.56 Å². The Labute approximate surface area is 89.3 Å². The van der Waals surface area contributed by atoms with Gasteiger partial charge in [-0.05, 0) is 12.1 Å². The summed E-state index contributed by atoms with van der Waals surface area (Å²) in [5, 5.41) is 20.5. The topological polar surface area (TPSA) is 93.3 Å². The first-order chi connectivity index (χ1) is 7.61. The maximum absolute atomic E-state index is 10.9. The number of pyridine rings is 1. The molecular weight excluding hydrogens is 212 g/mol. The summed E-state index contributed by atoms with van der Waals surface area (Å²) in [7, 11) is 0. The second-order valence-corrected chi connectivity index (χ2v) is 3.12. The van der Waals surface area contributed by atoms with E-state index in [-0.39, 0.29) is 10.9 Å². The highest BCUT2D eigenvalue weighted by atomic mass is 16.6. The zero-order valence-corrected chi connectivity index (χ0v) is 7.95. The molecule has 6 heteroatoms. The number of hydrogen-bond donors (Lipinski definition) is 1. The van der Waals surface area contributed by atoms with Gasteiger partial charge in [0.05, 0.1) is 10.3 Å². The summed E-state index contributed by atoms with van der Waals surface area (Å²) < 4.78 is 0. The van der Waals surface area contributed by atoms with E-state index in [1.807, 2.05) is 0 Å². The average molecular weight is 218 g/mol. The number of nitro groups is 1. The molecule has 2 rings (SSSR count). The van der Waals surface area contributed by atoms with Gasteiger partial charge in [-0.15, -0.1) is 0 Å². The molecule has 80 valence electrons. The van der Waals surface area contributed by atoms with Gasteiger partial charge in [0, 0.05) is 17.8 Å². The molecule has 0 radical (unpaired) electrons. The first kappa shape index (κ1) is 10.0. The summed E-state index contributed by atoms with van der Waals surface area (Å²) in [6, 6.07) is 4.14. The van der Waals surface area contributed by atoms with E-state index in [1.165, 1.54) is 30.6 Å². The fraction of sp³-hybridized carbons (Fsp3) is 0.